The van der Waals surface area contributed by atoms with E-state index in [1.54, 1.807) is 17.0 Å². The van der Waals surface area contributed by atoms with Crippen molar-refractivity contribution in [1.29, 1.82) is 0 Å². The van der Waals surface area contributed by atoms with Crippen molar-refractivity contribution >= 4 is 40.6 Å². The average Bonchev–Trinajstić information content (AvgIpc) is 3.31. The Morgan fingerprint density at radius 1 is 1.16 bits per heavy atom. The van der Waals surface area contributed by atoms with E-state index in [9.17, 15) is 14.9 Å². The number of nitro groups is 1. The summed E-state index contributed by atoms with van der Waals surface area (Å²) in [5, 5.41) is 19.1. The van der Waals surface area contributed by atoms with Crippen LogP contribution in [-0.4, -0.2) is 57.1 Å². The number of H-pyrrole nitrogens is 1. The number of piperazine rings is 1. The van der Waals surface area contributed by atoms with Gasteiger partial charge in [-0.25, -0.2) is 4.98 Å². The van der Waals surface area contributed by atoms with Crippen molar-refractivity contribution in [2.75, 3.05) is 31.1 Å². The van der Waals surface area contributed by atoms with Crippen LogP contribution >= 0.6 is 23.4 Å². The minimum Gasteiger partial charge on any atom is -0.362 e. The lowest BCUT2D eigenvalue weighted by molar-refractivity contribution is -0.384. The number of nitro benzene ring substituents is 1. The number of halogens is 1. The van der Waals surface area contributed by atoms with Crippen LogP contribution in [0, 0.1) is 10.1 Å². The largest absolute Gasteiger partial charge is 0.362 e. The van der Waals surface area contributed by atoms with Crippen LogP contribution in [0.2, 0.25) is 5.02 Å². The lowest BCUT2D eigenvalue weighted by Crippen LogP contribution is -2.49. The van der Waals surface area contributed by atoms with Gasteiger partial charge in [0.2, 0.25) is 0 Å². The number of carbonyl (C=O) groups excluding carboxylic acids is 1. The first-order chi connectivity index (χ1) is 15.0. The van der Waals surface area contributed by atoms with Crippen LogP contribution < -0.4 is 4.90 Å². The molecule has 1 aliphatic heterocycles. The van der Waals surface area contributed by atoms with Crippen LogP contribution in [0.5, 0.6) is 0 Å². The van der Waals surface area contributed by atoms with E-state index in [-0.39, 0.29) is 11.6 Å². The maximum atomic E-state index is 12.9. The lowest BCUT2D eigenvalue weighted by Gasteiger charge is -2.35. The number of aromatic amines is 1. The molecule has 11 heteroatoms. The number of amides is 1. The number of thioether (sulfide) groups is 1. The second-order valence-corrected chi connectivity index (χ2v) is 8.35. The first-order valence-corrected chi connectivity index (χ1v) is 10.9. The summed E-state index contributed by atoms with van der Waals surface area (Å²) in [6.45, 7) is 2.00. The Kier molecular flexibility index (Phi) is 6.38. The summed E-state index contributed by atoms with van der Waals surface area (Å²) in [6, 6.07) is 12.2. The van der Waals surface area contributed by atoms with Gasteiger partial charge in [-0.15, -0.1) is 0 Å². The third-order valence-corrected chi connectivity index (χ3v) is 6.19. The third kappa shape index (κ3) is 4.97. The third-order valence-electron chi connectivity index (χ3n) is 5.01. The number of aromatic nitrogens is 3. The highest BCUT2D eigenvalue weighted by Gasteiger charge is 2.26. The highest BCUT2D eigenvalue weighted by Crippen LogP contribution is 2.31. The zero-order valence-electron chi connectivity index (χ0n) is 16.4. The van der Waals surface area contributed by atoms with Crippen LogP contribution in [0.15, 0.2) is 53.9 Å². The molecule has 2 aromatic carbocycles. The summed E-state index contributed by atoms with van der Waals surface area (Å²) in [4.78, 5) is 31.6. The van der Waals surface area contributed by atoms with Gasteiger partial charge in [0, 0.05) is 48.6 Å². The molecular weight excluding hydrogens is 440 g/mol. The van der Waals surface area contributed by atoms with E-state index in [4.69, 9.17) is 11.6 Å². The van der Waals surface area contributed by atoms with Crippen molar-refractivity contribution in [3.8, 4) is 0 Å². The number of rotatable bonds is 6. The number of hydrogen-bond donors (Lipinski definition) is 1. The molecule has 0 spiro atoms. The number of hydrogen-bond acceptors (Lipinski definition) is 7. The van der Waals surface area contributed by atoms with Crippen molar-refractivity contribution in [3.63, 3.8) is 0 Å². The van der Waals surface area contributed by atoms with Gasteiger partial charge in [0.1, 0.15) is 12.0 Å². The van der Waals surface area contributed by atoms with E-state index in [1.165, 1.54) is 24.2 Å². The second-order valence-electron chi connectivity index (χ2n) is 6.95. The summed E-state index contributed by atoms with van der Waals surface area (Å²) in [5.41, 5.74) is 2.21. The maximum absolute atomic E-state index is 12.9. The number of carbonyl (C=O) groups is 1. The van der Waals surface area contributed by atoms with Gasteiger partial charge in [-0.2, -0.15) is 5.10 Å². The van der Waals surface area contributed by atoms with Crippen molar-refractivity contribution in [1.82, 2.24) is 20.1 Å². The van der Waals surface area contributed by atoms with Crippen molar-refractivity contribution in [2.45, 2.75) is 10.9 Å². The number of nitrogens with zero attached hydrogens (tertiary/aromatic N) is 5. The first-order valence-electron chi connectivity index (χ1n) is 9.56. The smallest absolute Gasteiger partial charge is 0.294 e. The Balaban J connectivity index is 1.35. The van der Waals surface area contributed by atoms with E-state index >= 15 is 0 Å². The van der Waals surface area contributed by atoms with Gasteiger partial charge in [-0.3, -0.25) is 20.0 Å². The number of anilines is 1. The molecule has 0 unspecified atom stereocenters. The summed E-state index contributed by atoms with van der Waals surface area (Å²) >= 11 is 7.44. The zero-order valence-corrected chi connectivity index (χ0v) is 18.0. The molecule has 1 aliphatic rings. The molecule has 0 bridgehead atoms. The minimum absolute atomic E-state index is 0.0222. The molecule has 2 heterocycles. The molecule has 3 aromatic rings. The van der Waals surface area contributed by atoms with Gasteiger partial charge < -0.3 is 9.80 Å². The van der Waals surface area contributed by atoms with Crippen molar-refractivity contribution in [3.05, 3.63) is 75.1 Å². The molecule has 9 nitrogen and oxygen atoms in total. The van der Waals surface area contributed by atoms with Gasteiger partial charge in [0.15, 0.2) is 5.16 Å². The van der Waals surface area contributed by atoms with Crippen LogP contribution in [0.1, 0.15) is 15.9 Å². The van der Waals surface area contributed by atoms with Gasteiger partial charge >= 0.3 is 0 Å². The Bertz CT molecular complexity index is 1070. The van der Waals surface area contributed by atoms with Crippen LogP contribution in [0.3, 0.4) is 0 Å². The highest BCUT2D eigenvalue weighted by molar-refractivity contribution is 7.98. The van der Waals surface area contributed by atoms with Crippen LogP contribution in [0.4, 0.5) is 11.4 Å². The molecule has 1 saturated heterocycles. The predicted molar refractivity (Wildman–Crippen MR) is 119 cm³/mol. The fraction of sp³-hybridized carbons (Fsp3) is 0.250. The van der Waals surface area contributed by atoms with E-state index in [0.717, 1.165) is 16.5 Å². The molecule has 31 heavy (non-hydrogen) atoms. The van der Waals surface area contributed by atoms with Crippen molar-refractivity contribution in [2.24, 2.45) is 0 Å². The Morgan fingerprint density at radius 2 is 1.90 bits per heavy atom. The van der Waals surface area contributed by atoms with Crippen LogP contribution in [-0.2, 0) is 5.75 Å². The fourth-order valence-corrected chi connectivity index (χ4v) is 4.30. The normalized spacial score (nSPS) is 14.0. The molecule has 1 fully saturated rings. The van der Waals surface area contributed by atoms with Crippen molar-refractivity contribution < 1.29 is 9.72 Å². The molecule has 0 saturated carbocycles. The zero-order chi connectivity index (χ0) is 21.8. The SMILES string of the molecule is O=C(c1ccc(CSc2ncn[nH]2)cc1)N1CCN(c2ccc(Cl)cc2[N+](=O)[O-])CC1. The molecule has 0 atom stereocenters. The van der Waals surface area contributed by atoms with E-state index in [1.807, 2.05) is 29.2 Å². The van der Waals surface area contributed by atoms with Crippen LogP contribution in [0.25, 0.3) is 0 Å². The standard InChI is InChI=1S/C20H19ClN6O3S/c21-16-5-6-17(18(11-16)27(29)30)25-7-9-26(10-8-25)19(28)15-3-1-14(2-4-15)12-31-20-22-13-23-24-20/h1-6,11,13H,7-10,12H2,(H,22,23,24). The second kappa shape index (κ2) is 9.36. The maximum Gasteiger partial charge on any atom is 0.294 e. The molecule has 0 radical (unpaired) electrons. The quantitative estimate of drug-likeness (QED) is 0.341. The van der Waals surface area contributed by atoms with Gasteiger partial charge in [0.25, 0.3) is 11.6 Å². The van der Waals surface area contributed by atoms with Gasteiger partial charge in [-0.1, -0.05) is 35.5 Å². The molecular formula is C20H19ClN6O3S. The van der Waals surface area contributed by atoms with E-state index in [0.29, 0.717) is 42.5 Å². The monoisotopic (exact) mass is 458 g/mol. The van der Waals surface area contributed by atoms with Gasteiger partial charge in [0.05, 0.1) is 4.92 Å². The Labute approximate surface area is 187 Å². The summed E-state index contributed by atoms with van der Waals surface area (Å²) in [5.74, 6) is 0.682. The Morgan fingerprint density at radius 3 is 2.55 bits per heavy atom. The van der Waals surface area contributed by atoms with E-state index < -0.39 is 4.92 Å². The van der Waals surface area contributed by atoms with Gasteiger partial charge in [-0.05, 0) is 29.8 Å². The molecule has 1 N–H and O–H groups in total. The molecule has 160 valence electrons. The average molecular weight is 459 g/mol. The lowest BCUT2D eigenvalue weighted by atomic mass is 10.1. The highest BCUT2D eigenvalue weighted by atomic mass is 35.5. The Hall–Kier alpha value is -3.11. The summed E-state index contributed by atoms with van der Waals surface area (Å²) in [6.07, 6.45) is 1.47. The number of benzene rings is 2. The molecule has 4 rings (SSSR count). The topological polar surface area (TPSA) is 108 Å². The summed E-state index contributed by atoms with van der Waals surface area (Å²) in [7, 11) is 0. The first kappa shape index (κ1) is 21.1. The number of nitrogens with one attached hydrogen (secondary N) is 1. The molecule has 0 aliphatic carbocycles. The van der Waals surface area contributed by atoms with E-state index in [2.05, 4.69) is 15.2 Å². The summed E-state index contributed by atoms with van der Waals surface area (Å²) < 4.78 is 0. The minimum atomic E-state index is -0.430. The fourth-order valence-electron chi connectivity index (χ4n) is 3.40. The predicted octanol–water partition coefficient (Wildman–Crippen LogP) is 3.62. The molecule has 1 aromatic heterocycles. The molecule has 1 amide bonds.